The Balaban J connectivity index is 1.84. The average molecular weight is 258 g/mol. The quantitative estimate of drug-likeness (QED) is 0.901. The van der Waals surface area contributed by atoms with Crippen molar-refractivity contribution in [2.45, 2.75) is 51.5 Å². The fourth-order valence-corrected chi connectivity index (χ4v) is 4.12. The van der Waals surface area contributed by atoms with Gasteiger partial charge in [-0.15, -0.1) is 0 Å². The molecule has 1 saturated carbocycles. The minimum Gasteiger partial charge on any atom is -0.368 e. The number of nitrogens with zero attached hydrogens (tertiary/aromatic N) is 1. The van der Waals surface area contributed by atoms with Gasteiger partial charge in [-0.3, -0.25) is 0 Å². The van der Waals surface area contributed by atoms with E-state index in [1.54, 1.807) is 0 Å². The lowest BCUT2D eigenvalue weighted by molar-refractivity contribution is 0.362. The van der Waals surface area contributed by atoms with E-state index in [0.29, 0.717) is 0 Å². The zero-order valence-electron chi connectivity index (χ0n) is 12.1. The molecule has 2 unspecified atom stereocenters. The second kappa shape index (κ2) is 5.54. The standard InChI is InChI=1S/C17H26N2/c1-13-12-14(9-10-18)7-8-16(13)19-11-3-5-15-4-2-6-17(15)19/h7-8,12,15,17H,2-6,9-11,18H2,1H3. The molecule has 1 heterocycles. The first kappa shape index (κ1) is 13.0. The highest BCUT2D eigenvalue weighted by atomic mass is 15.2. The largest absolute Gasteiger partial charge is 0.368 e. The van der Waals surface area contributed by atoms with Crippen molar-refractivity contribution in [1.82, 2.24) is 0 Å². The molecule has 1 aliphatic heterocycles. The van der Waals surface area contributed by atoms with Crippen LogP contribution >= 0.6 is 0 Å². The molecule has 2 N–H and O–H groups in total. The summed E-state index contributed by atoms with van der Waals surface area (Å²) in [6.45, 7) is 4.25. The number of aryl methyl sites for hydroxylation is 1. The minimum absolute atomic E-state index is 0.743. The molecule has 1 saturated heterocycles. The Morgan fingerprint density at radius 1 is 1.21 bits per heavy atom. The molecule has 0 amide bonds. The van der Waals surface area contributed by atoms with Crippen molar-refractivity contribution in [3.05, 3.63) is 29.3 Å². The highest BCUT2D eigenvalue weighted by Gasteiger charge is 2.35. The molecule has 2 aliphatic rings. The van der Waals surface area contributed by atoms with Gasteiger partial charge in [-0.2, -0.15) is 0 Å². The minimum atomic E-state index is 0.743. The Kier molecular flexibility index (Phi) is 3.79. The van der Waals surface area contributed by atoms with Crippen LogP contribution in [0.25, 0.3) is 0 Å². The van der Waals surface area contributed by atoms with E-state index in [0.717, 1.165) is 24.9 Å². The fourth-order valence-electron chi connectivity index (χ4n) is 4.12. The van der Waals surface area contributed by atoms with Crippen molar-refractivity contribution in [2.24, 2.45) is 11.7 Å². The summed E-state index contributed by atoms with van der Waals surface area (Å²) in [5.74, 6) is 0.955. The van der Waals surface area contributed by atoms with Crippen LogP contribution < -0.4 is 10.6 Å². The lowest BCUT2D eigenvalue weighted by Gasteiger charge is -2.40. The van der Waals surface area contributed by atoms with Crippen molar-refractivity contribution in [1.29, 1.82) is 0 Å². The van der Waals surface area contributed by atoms with Crippen LogP contribution in [0.15, 0.2) is 18.2 Å². The number of piperidine rings is 1. The Morgan fingerprint density at radius 2 is 2.05 bits per heavy atom. The number of hydrogen-bond donors (Lipinski definition) is 1. The molecule has 2 atom stereocenters. The Labute approximate surface area is 117 Å². The van der Waals surface area contributed by atoms with Crippen molar-refractivity contribution in [2.75, 3.05) is 18.0 Å². The number of anilines is 1. The first-order chi connectivity index (χ1) is 9.29. The maximum Gasteiger partial charge on any atom is 0.0398 e. The van der Waals surface area contributed by atoms with E-state index in [-0.39, 0.29) is 0 Å². The molecule has 2 heteroatoms. The predicted molar refractivity (Wildman–Crippen MR) is 81.6 cm³/mol. The van der Waals surface area contributed by atoms with Crippen LogP contribution in [0.1, 0.15) is 43.2 Å². The lowest BCUT2D eigenvalue weighted by atomic mass is 9.91. The van der Waals surface area contributed by atoms with Gasteiger partial charge in [0.05, 0.1) is 0 Å². The molecule has 0 bridgehead atoms. The van der Waals surface area contributed by atoms with Gasteiger partial charge in [-0.25, -0.2) is 0 Å². The van der Waals surface area contributed by atoms with Gasteiger partial charge < -0.3 is 10.6 Å². The van der Waals surface area contributed by atoms with Crippen molar-refractivity contribution < 1.29 is 0 Å². The van der Waals surface area contributed by atoms with Gasteiger partial charge in [0.15, 0.2) is 0 Å². The van der Waals surface area contributed by atoms with Crippen molar-refractivity contribution in [3.8, 4) is 0 Å². The second-order valence-corrected chi connectivity index (χ2v) is 6.25. The van der Waals surface area contributed by atoms with Crippen LogP contribution in [-0.4, -0.2) is 19.1 Å². The van der Waals surface area contributed by atoms with Gasteiger partial charge in [-0.1, -0.05) is 18.6 Å². The van der Waals surface area contributed by atoms with E-state index in [1.807, 2.05) is 0 Å². The van der Waals surface area contributed by atoms with Crippen LogP contribution in [0.3, 0.4) is 0 Å². The predicted octanol–water partition coefficient (Wildman–Crippen LogP) is 3.27. The third-order valence-corrected chi connectivity index (χ3v) is 5.00. The first-order valence-corrected chi connectivity index (χ1v) is 7.86. The van der Waals surface area contributed by atoms with E-state index in [1.165, 1.54) is 55.5 Å². The summed E-state index contributed by atoms with van der Waals surface area (Å²) in [4.78, 5) is 2.70. The van der Waals surface area contributed by atoms with Gasteiger partial charge in [0, 0.05) is 18.3 Å². The molecule has 0 radical (unpaired) electrons. The summed E-state index contributed by atoms with van der Waals surface area (Å²) in [5.41, 5.74) is 9.93. The molecular formula is C17H26N2. The summed E-state index contributed by atoms with van der Waals surface area (Å²) in [6, 6.07) is 7.75. The molecule has 1 aromatic carbocycles. The molecule has 1 aromatic rings. The molecule has 3 rings (SSSR count). The Hall–Kier alpha value is -1.02. The first-order valence-electron chi connectivity index (χ1n) is 7.86. The fraction of sp³-hybridized carbons (Fsp3) is 0.647. The Morgan fingerprint density at radius 3 is 2.84 bits per heavy atom. The molecule has 2 fully saturated rings. The van der Waals surface area contributed by atoms with Gasteiger partial charge in [0.1, 0.15) is 0 Å². The maximum absolute atomic E-state index is 5.65. The van der Waals surface area contributed by atoms with Gasteiger partial charge >= 0.3 is 0 Å². The Bertz CT molecular complexity index is 441. The lowest BCUT2D eigenvalue weighted by Crippen LogP contribution is -2.43. The third-order valence-electron chi connectivity index (χ3n) is 5.00. The zero-order valence-corrected chi connectivity index (χ0v) is 12.1. The monoisotopic (exact) mass is 258 g/mol. The van der Waals surface area contributed by atoms with Crippen LogP contribution in [0.4, 0.5) is 5.69 Å². The highest BCUT2D eigenvalue weighted by molar-refractivity contribution is 5.56. The summed E-state index contributed by atoms with van der Waals surface area (Å²) in [7, 11) is 0. The van der Waals surface area contributed by atoms with Crippen molar-refractivity contribution >= 4 is 5.69 Å². The normalized spacial score (nSPS) is 26.5. The topological polar surface area (TPSA) is 29.3 Å². The SMILES string of the molecule is Cc1cc(CCN)ccc1N1CCCC2CCCC21. The molecule has 2 nitrogen and oxygen atoms in total. The van der Waals surface area contributed by atoms with Crippen molar-refractivity contribution in [3.63, 3.8) is 0 Å². The highest BCUT2D eigenvalue weighted by Crippen LogP contribution is 2.40. The number of rotatable bonds is 3. The molecule has 19 heavy (non-hydrogen) atoms. The smallest absolute Gasteiger partial charge is 0.0398 e. The molecule has 1 aliphatic carbocycles. The van der Waals surface area contributed by atoms with Gasteiger partial charge in [0.2, 0.25) is 0 Å². The van der Waals surface area contributed by atoms with Crippen LogP contribution in [0, 0.1) is 12.8 Å². The average Bonchev–Trinajstić information content (AvgIpc) is 2.88. The molecular weight excluding hydrogens is 232 g/mol. The second-order valence-electron chi connectivity index (χ2n) is 6.25. The molecule has 0 aromatic heterocycles. The van der Waals surface area contributed by atoms with Gasteiger partial charge in [0.25, 0.3) is 0 Å². The summed E-state index contributed by atoms with van der Waals surface area (Å²) >= 11 is 0. The van der Waals surface area contributed by atoms with Crippen LogP contribution in [0.5, 0.6) is 0 Å². The number of nitrogens with two attached hydrogens (primary N) is 1. The summed E-state index contributed by atoms with van der Waals surface area (Å²) < 4.78 is 0. The van der Waals surface area contributed by atoms with Crippen LogP contribution in [0.2, 0.25) is 0 Å². The van der Waals surface area contributed by atoms with E-state index < -0.39 is 0 Å². The maximum atomic E-state index is 5.65. The summed E-state index contributed by atoms with van der Waals surface area (Å²) in [5, 5.41) is 0. The van der Waals surface area contributed by atoms with Crippen LogP contribution in [-0.2, 0) is 6.42 Å². The summed E-state index contributed by atoms with van der Waals surface area (Å²) in [6.07, 6.45) is 8.08. The molecule has 104 valence electrons. The van der Waals surface area contributed by atoms with E-state index >= 15 is 0 Å². The van der Waals surface area contributed by atoms with E-state index in [9.17, 15) is 0 Å². The molecule has 0 spiro atoms. The van der Waals surface area contributed by atoms with Gasteiger partial charge in [-0.05, 0) is 68.7 Å². The number of hydrogen-bond acceptors (Lipinski definition) is 2. The van der Waals surface area contributed by atoms with E-state index in [2.05, 4.69) is 30.0 Å². The third kappa shape index (κ3) is 2.51. The number of fused-ring (bicyclic) bond motifs is 1. The number of benzene rings is 1. The zero-order chi connectivity index (χ0) is 13.2. The van der Waals surface area contributed by atoms with E-state index in [4.69, 9.17) is 5.73 Å².